The lowest BCUT2D eigenvalue weighted by Gasteiger charge is -2.29. The van der Waals surface area contributed by atoms with Gasteiger partial charge < -0.3 is 0 Å². The third-order valence-corrected chi connectivity index (χ3v) is 4.44. The number of halogens is 1. The number of ketones is 1. The van der Waals surface area contributed by atoms with Crippen molar-refractivity contribution in [3.8, 4) is 0 Å². The minimum absolute atomic E-state index is 0.110. The topological polar surface area (TPSA) is 17.1 Å². The highest BCUT2D eigenvalue weighted by Crippen LogP contribution is 2.37. The second-order valence-corrected chi connectivity index (χ2v) is 6.36. The molecule has 0 N–H and O–H groups in total. The van der Waals surface area contributed by atoms with Gasteiger partial charge in [-0.3, -0.25) is 4.79 Å². The fourth-order valence-corrected chi connectivity index (χ4v) is 2.99. The molecule has 0 aromatic heterocycles. The number of benzene rings is 1. The number of rotatable bonds is 3. The SMILES string of the molecule is CC(C)c1ccc(C(=O)C2(Cl)CCCCC2)cc1. The van der Waals surface area contributed by atoms with Gasteiger partial charge in [0.2, 0.25) is 0 Å². The van der Waals surface area contributed by atoms with E-state index in [1.165, 1.54) is 12.0 Å². The predicted octanol–water partition coefficient (Wildman–Crippen LogP) is 4.93. The maximum absolute atomic E-state index is 12.5. The zero-order valence-electron chi connectivity index (χ0n) is 11.2. The summed E-state index contributed by atoms with van der Waals surface area (Å²) >= 11 is 6.51. The summed E-state index contributed by atoms with van der Waals surface area (Å²) in [5.74, 6) is 0.605. The van der Waals surface area contributed by atoms with E-state index in [1.807, 2.05) is 24.3 Å². The lowest BCUT2D eigenvalue weighted by atomic mass is 9.82. The third kappa shape index (κ3) is 2.77. The van der Waals surface area contributed by atoms with Crippen molar-refractivity contribution in [3.63, 3.8) is 0 Å². The van der Waals surface area contributed by atoms with Crippen molar-refractivity contribution >= 4 is 17.4 Å². The Kier molecular flexibility index (Phi) is 4.11. The maximum atomic E-state index is 12.5. The number of carbonyl (C=O) groups excluding carboxylic acids is 1. The molecule has 0 amide bonds. The first kappa shape index (κ1) is 13.6. The van der Waals surface area contributed by atoms with Crippen molar-refractivity contribution in [2.45, 2.75) is 56.7 Å². The van der Waals surface area contributed by atoms with Crippen LogP contribution < -0.4 is 0 Å². The summed E-state index contributed by atoms with van der Waals surface area (Å²) in [6, 6.07) is 7.94. The normalized spacial score (nSPS) is 18.9. The van der Waals surface area contributed by atoms with Crippen molar-refractivity contribution in [2.24, 2.45) is 0 Å². The average molecular weight is 265 g/mol. The van der Waals surface area contributed by atoms with Gasteiger partial charge in [0.25, 0.3) is 0 Å². The number of Topliss-reactive ketones (excluding diaryl/α,β-unsaturated/α-hetero) is 1. The highest BCUT2D eigenvalue weighted by molar-refractivity contribution is 6.38. The molecule has 0 bridgehead atoms. The van der Waals surface area contributed by atoms with Crippen LogP contribution in [0.15, 0.2) is 24.3 Å². The van der Waals surface area contributed by atoms with Crippen LogP contribution in [0, 0.1) is 0 Å². The van der Waals surface area contributed by atoms with Gasteiger partial charge in [0.1, 0.15) is 4.87 Å². The first-order valence-electron chi connectivity index (χ1n) is 6.86. The number of carbonyl (C=O) groups is 1. The van der Waals surface area contributed by atoms with Gasteiger partial charge in [-0.15, -0.1) is 11.6 Å². The van der Waals surface area contributed by atoms with Crippen molar-refractivity contribution in [1.82, 2.24) is 0 Å². The van der Waals surface area contributed by atoms with E-state index in [9.17, 15) is 4.79 Å². The van der Waals surface area contributed by atoms with Crippen molar-refractivity contribution in [2.75, 3.05) is 0 Å². The van der Waals surface area contributed by atoms with Crippen LogP contribution in [0.2, 0.25) is 0 Å². The van der Waals surface area contributed by atoms with Gasteiger partial charge in [0.05, 0.1) is 0 Å². The van der Waals surface area contributed by atoms with Crippen LogP contribution in [0.4, 0.5) is 0 Å². The number of alkyl halides is 1. The van der Waals surface area contributed by atoms with Gasteiger partial charge >= 0.3 is 0 Å². The second kappa shape index (κ2) is 5.44. The molecule has 2 heteroatoms. The molecule has 1 fully saturated rings. The van der Waals surface area contributed by atoms with Gasteiger partial charge in [0.15, 0.2) is 5.78 Å². The Morgan fingerprint density at radius 1 is 1.11 bits per heavy atom. The summed E-state index contributed by atoms with van der Waals surface area (Å²) in [6.07, 6.45) is 4.98. The largest absolute Gasteiger partial charge is 0.292 e. The molecule has 18 heavy (non-hydrogen) atoms. The first-order chi connectivity index (χ1) is 8.53. The first-order valence-corrected chi connectivity index (χ1v) is 7.24. The van der Waals surface area contributed by atoms with Crippen LogP contribution in [0.5, 0.6) is 0 Å². The molecule has 98 valence electrons. The Morgan fingerprint density at radius 3 is 2.17 bits per heavy atom. The van der Waals surface area contributed by atoms with Gasteiger partial charge in [-0.05, 0) is 24.3 Å². The van der Waals surface area contributed by atoms with E-state index >= 15 is 0 Å². The molecule has 1 nitrogen and oxygen atoms in total. The molecular formula is C16H21ClO. The highest BCUT2D eigenvalue weighted by atomic mass is 35.5. The van der Waals surface area contributed by atoms with E-state index in [-0.39, 0.29) is 5.78 Å². The fraction of sp³-hybridized carbons (Fsp3) is 0.562. The van der Waals surface area contributed by atoms with E-state index in [1.54, 1.807) is 0 Å². The molecule has 1 aromatic rings. The van der Waals surface area contributed by atoms with Crippen LogP contribution in [-0.4, -0.2) is 10.7 Å². The number of hydrogen-bond acceptors (Lipinski definition) is 1. The van der Waals surface area contributed by atoms with Gasteiger partial charge in [0, 0.05) is 5.56 Å². The summed E-state index contributed by atoms with van der Waals surface area (Å²) in [4.78, 5) is 11.8. The molecule has 0 unspecified atom stereocenters. The standard InChI is InChI=1S/C16H21ClO/c1-12(2)13-6-8-14(9-7-13)15(18)16(17)10-4-3-5-11-16/h6-9,12H,3-5,10-11H2,1-2H3. The summed E-state index contributed by atoms with van der Waals surface area (Å²) in [7, 11) is 0. The number of hydrogen-bond donors (Lipinski definition) is 0. The summed E-state index contributed by atoms with van der Waals surface area (Å²) in [5, 5.41) is 0. The zero-order valence-corrected chi connectivity index (χ0v) is 12.0. The molecule has 1 aliphatic carbocycles. The Hall–Kier alpha value is -0.820. The maximum Gasteiger partial charge on any atom is 0.183 e. The van der Waals surface area contributed by atoms with Crippen molar-refractivity contribution < 1.29 is 4.79 Å². The Labute approximate surface area is 115 Å². The Bertz CT molecular complexity index is 413. The summed E-state index contributed by atoms with van der Waals surface area (Å²) in [5.41, 5.74) is 2.02. The van der Waals surface area contributed by atoms with Gasteiger partial charge in [-0.2, -0.15) is 0 Å². The molecule has 1 aliphatic rings. The zero-order chi connectivity index (χ0) is 13.2. The summed E-state index contributed by atoms with van der Waals surface area (Å²) in [6.45, 7) is 4.31. The molecule has 1 saturated carbocycles. The smallest absolute Gasteiger partial charge is 0.183 e. The van der Waals surface area contributed by atoms with Crippen LogP contribution in [0.1, 0.15) is 67.8 Å². The molecule has 0 saturated heterocycles. The van der Waals surface area contributed by atoms with Crippen molar-refractivity contribution in [3.05, 3.63) is 35.4 Å². The molecule has 0 aliphatic heterocycles. The lowest BCUT2D eigenvalue weighted by molar-refractivity contribution is 0.0913. The molecule has 0 atom stereocenters. The van der Waals surface area contributed by atoms with Crippen LogP contribution in [0.3, 0.4) is 0 Å². The van der Waals surface area contributed by atoms with Crippen LogP contribution >= 0.6 is 11.6 Å². The monoisotopic (exact) mass is 264 g/mol. The molecule has 0 heterocycles. The lowest BCUT2D eigenvalue weighted by Crippen LogP contribution is -2.34. The van der Waals surface area contributed by atoms with Crippen LogP contribution in [0.25, 0.3) is 0 Å². The van der Waals surface area contributed by atoms with E-state index in [2.05, 4.69) is 13.8 Å². The minimum Gasteiger partial charge on any atom is -0.292 e. The van der Waals surface area contributed by atoms with E-state index in [0.717, 1.165) is 31.2 Å². The Balaban J connectivity index is 2.17. The minimum atomic E-state index is -0.641. The predicted molar refractivity (Wildman–Crippen MR) is 76.5 cm³/mol. The van der Waals surface area contributed by atoms with E-state index < -0.39 is 4.87 Å². The molecule has 1 aromatic carbocycles. The molecule has 0 radical (unpaired) electrons. The fourth-order valence-electron chi connectivity index (χ4n) is 2.62. The highest BCUT2D eigenvalue weighted by Gasteiger charge is 2.37. The van der Waals surface area contributed by atoms with E-state index in [4.69, 9.17) is 11.6 Å². The Morgan fingerprint density at radius 2 is 1.67 bits per heavy atom. The average Bonchev–Trinajstić information content (AvgIpc) is 2.39. The molecular weight excluding hydrogens is 244 g/mol. The molecule has 0 spiro atoms. The van der Waals surface area contributed by atoms with Crippen molar-refractivity contribution in [1.29, 1.82) is 0 Å². The summed E-state index contributed by atoms with van der Waals surface area (Å²) < 4.78 is 0. The van der Waals surface area contributed by atoms with Crippen LogP contribution in [-0.2, 0) is 0 Å². The van der Waals surface area contributed by atoms with Gasteiger partial charge in [-0.1, -0.05) is 57.4 Å². The van der Waals surface area contributed by atoms with E-state index in [0.29, 0.717) is 5.92 Å². The molecule has 2 rings (SSSR count). The second-order valence-electron chi connectivity index (χ2n) is 5.63. The van der Waals surface area contributed by atoms with Gasteiger partial charge in [-0.25, -0.2) is 0 Å². The third-order valence-electron chi connectivity index (χ3n) is 3.89. The quantitative estimate of drug-likeness (QED) is 0.559.